The number of carbonyl (C=O) groups excluding carboxylic acids is 2. The molecule has 0 bridgehead atoms. The zero-order chi connectivity index (χ0) is 23.0. The molecule has 174 valence electrons. The summed E-state index contributed by atoms with van der Waals surface area (Å²) in [6, 6.07) is 15.4. The van der Waals surface area contributed by atoms with Gasteiger partial charge in [-0.05, 0) is 24.3 Å². The Kier molecular flexibility index (Phi) is 7.74. The van der Waals surface area contributed by atoms with Crippen molar-refractivity contribution in [3.63, 3.8) is 0 Å². The van der Waals surface area contributed by atoms with Gasteiger partial charge in [-0.1, -0.05) is 35.6 Å². The molecule has 0 unspecified atom stereocenters. The SMILES string of the molecule is COc1cccc2sc(NC(=O)CCC(=O)N3CCN(CCOc4ccccc4)CC3)nc12. The Bertz CT molecular complexity index is 1080. The lowest BCUT2D eigenvalue weighted by atomic mass is 10.2. The molecular weight excluding hydrogens is 440 g/mol. The number of ether oxygens (including phenoxy) is 2. The van der Waals surface area contributed by atoms with Crippen LogP contribution in [0.25, 0.3) is 10.2 Å². The molecule has 2 heterocycles. The molecule has 0 atom stereocenters. The zero-order valence-corrected chi connectivity index (χ0v) is 19.5. The Morgan fingerprint density at radius 1 is 1.03 bits per heavy atom. The van der Waals surface area contributed by atoms with Gasteiger partial charge in [0.05, 0.1) is 11.8 Å². The highest BCUT2D eigenvalue weighted by molar-refractivity contribution is 7.22. The predicted molar refractivity (Wildman–Crippen MR) is 129 cm³/mol. The topological polar surface area (TPSA) is 84.0 Å². The number of methoxy groups -OCH3 is 1. The van der Waals surface area contributed by atoms with Crippen LogP contribution in [0.5, 0.6) is 11.5 Å². The molecule has 1 aliphatic rings. The molecule has 9 heteroatoms. The van der Waals surface area contributed by atoms with Crippen molar-refractivity contribution in [2.45, 2.75) is 12.8 Å². The number of fused-ring (bicyclic) bond motifs is 1. The molecule has 0 saturated carbocycles. The summed E-state index contributed by atoms with van der Waals surface area (Å²) >= 11 is 1.39. The van der Waals surface area contributed by atoms with Gasteiger partial charge in [-0.2, -0.15) is 0 Å². The number of carbonyl (C=O) groups is 2. The molecule has 1 N–H and O–H groups in total. The average molecular weight is 469 g/mol. The molecule has 0 radical (unpaired) electrons. The number of hydrogen-bond donors (Lipinski definition) is 1. The van der Waals surface area contributed by atoms with Gasteiger partial charge in [0.2, 0.25) is 11.8 Å². The predicted octanol–water partition coefficient (Wildman–Crippen LogP) is 3.25. The highest BCUT2D eigenvalue weighted by atomic mass is 32.1. The standard InChI is InChI=1S/C24H28N4O4S/c1-31-19-8-5-9-20-23(19)26-24(33-20)25-21(29)10-11-22(30)28-14-12-27(13-15-28)16-17-32-18-6-3-2-4-7-18/h2-9H,10-17H2,1H3,(H,25,26,29). The van der Waals surface area contributed by atoms with Crippen molar-refractivity contribution in [2.24, 2.45) is 0 Å². The van der Waals surface area contributed by atoms with E-state index >= 15 is 0 Å². The number of rotatable bonds is 9. The largest absolute Gasteiger partial charge is 0.494 e. The van der Waals surface area contributed by atoms with Crippen molar-refractivity contribution in [3.05, 3.63) is 48.5 Å². The molecule has 1 aliphatic heterocycles. The zero-order valence-electron chi connectivity index (χ0n) is 18.7. The fraction of sp³-hybridized carbons (Fsp3) is 0.375. The number of thiazole rings is 1. The molecule has 1 saturated heterocycles. The van der Waals surface area contributed by atoms with Gasteiger partial charge in [0, 0.05) is 45.6 Å². The van der Waals surface area contributed by atoms with Crippen LogP contribution < -0.4 is 14.8 Å². The Hall–Kier alpha value is -3.17. The van der Waals surface area contributed by atoms with Gasteiger partial charge >= 0.3 is 0 Å². The monoisotopic (exact) mass is 468 g/mol. The van der Waals surface area contributed by atoms with Gasteiger partial charge in [0.1, 0.15) is 23.6 Å². The second-order valence-electron chi connectivity index (χ2n) is 7.76. The number of benzene rings is 2. The van der Waals surface area contributed by atoms with E-state index in [0.29, 0.717) is 30.6 Å². The van der Waals surface area contributed by atoms with Crippen LogP contribution in [0.2, 0.25) is 0 Å². The van der Waals surface area contributed by atoms with Gasteiger partial charge in [0.15, 0.2) is 5.13 Å². The maximum atomic E-state index is 12.6. The number of amides is 2. The Balaban J connectivity index is 1.16. The van der Waals surface area contributed by atoms with Gasteiger partial charge in [-0.15, -0.1) is 0 Å². The first-order chi connectivity index (χ1) is 16.1. The van der Waals surface area contributed by atoms with Crippen molar-refractivity contribution < 1.29 is 19.1 Å². The summed E-state index contributed by atoms with van der Waals surface area (Å²) in [5, 5.41) is 3.32. The summed E-state index contributed by atoms with van der Waals surface area (Å²) in [5.41, 5.74) is 0.725. The Morgan fingerprint density at radius 2 is 1.82 bits per heavy atom. The summed E-state index contributed by atoms with van der Waals surface area (Å²) in [4.78, 5) is 33.5. The summed E-state index contributed by atoms with van der Waals surface area (Å²) in [7, 11) is 1.59. The fourth-order valence-electron chi connectivity index (χ4n) is 3.73. The number of hydrogen-bond acceptors (Lipinski definition) is 7. The fourth-order valence-corrected chi connectivity index (χ4v) is 4.63. The van der Waals surface area contributed by atoms with E-state index < -0.39 is 0 Å². The van der Waals surface area contributed by atoms with Crippen molar-refractivity contribution in [1.29, 1.82) is 0 Å². The number of nitrogens with zero attached hydrogens (tertiary/aromatic N) is 3. The van der Waals surface area contributed by atoms with Crippen LogP contribution in [0.15, 0.2) is 48.5 Å². The molecular formula is C24H28N4O4S. The molecule has 8 nitrogen and oxygen atoms in total. The minimum atomic E-state index is -0.210. The Labute approximate surface area is 197 Å². The van der Waals surface area contributed by atoms with Crippen LogP contribution in [-0.2, 0) is 9.59 Å². The van der Waals surface area contributed by atoms with Gasteiger partial charge in [-0.3, -0.25) is 14.5 Å². The lowest BCUT2D eigenvalue weighted by Crippen LogP contribution is -2.49. The van der Waals surface area contributed by atoms with Crippen molar-refractivity contribution in [1.82, 2.24) is 14.8 Å². The van der Waals surface area contributed by atoms with Crippen LogP contribution >= 0.6 is 11.3 Å². The lowest BCUT2D eigenvalue weighted by molar-refractivity contribution is -0.134. The summed E-state index contributed by atoms with van der Waals surface area (Å²) < 4.78 is 12.0. The first kappa shape index (κ1) is 23.0. The van der Waals surface area contributed by atoms with Crippen LogP contribution in [0.1, 0.15) is 12.8 Å². The highest BCUT2D eigenvalue weighted by Gasteiger charge is 2.21. The molecule has 4 rings (SSSR count). The summed E-state index contributed by atoms with van der Waals surface area (Å²) in [6.45, 7) is 4.40. The number of nitrogens with one attached hydrogen (secondary N) is 1. The summed E-state index contributed by atoms with van der Waals surface area (Å²) in [6.07, 6.45) is 0.328. The third-order valence-electron chi connectivity index (χ3n) is 5.56. The van der Waals surface area contributed by atoms with E-state index in [0.717, 1.165) is 35.6 Å². The molecule has 2 aromatic carbocycles. The minimum absolute atomic E-state index is 0.0105. The first-order valence-electron chi connectivity index (χ1n) is 11.0. The van der Waals surface area contributed by atoms with Crippen LogP contribution in [-0.4, -0.2) is 73.0 Å². The second kappa shape index (κ2) is 11.1. The van der Waals surface area contributed by atoms with Crippen LogP contribution in [0.3, 0.4) is 0 Å². The van der Waals surface area contributed by atoms with Crippen molar-refractivity contribution >= 4 is 38.5 Å². The molecule has 1 aromatic heterocycles. The van der Waals surface area contributed by atoms with E-state index in [9.17, 15) is 9.59 Å². The van der Waals surface area contributed by atoms with Crippen LogP contribution in [0, 0.1) is 0 Å². The van der Waals surface area contributed by atoms with Crippen LogP contribution in [0.4, 0.5) is 5.13 Å². The maximum Gasteiger partial charge on any atom is 0.226 e. The number of aromatic nitrogens is 1. The van der Waals surface area contributed by atoms with E-state index in [4.69, 9.17) is 9.47 Å². The quantitative estimate of drug-likeness (QED) is 0.519. The smallest absolute Gasteiger partial charge is 0.226 e. The van der Waals surface area contributed by atoms with E-state index in [2.05, 4.69) is 15.2 Å². The van der Waals surface area contributed by atoms with Gasteiger partial charge in [0.25, 0.3) is 0 Å². The minimum Gasteiger partial charge on any atom is -0.494 e. The van der Waals surface area contributed by atoms with Gasteiger partial charge < -0.3 is 19.7 Å². The summed E-state index contributed by atoms with van der Waals surface area (Å²) in [5.74, 6) is 1.34. The first-order valence-corrected chi connectivity index (χ1v) is 11.9. The van der Waals surface area contributed by atoms with E-state index in [-0.39, 0.29) is 24.7 Å². The molecule has 2 amide bonds. The molecule has 33 heavy (non-hydrogen) atoms. The number of anilines is 1. The van der Waals surface area contributed by atoms with Gasteiger partial charge in [-0.25, -0.2) is 4.98 Å². The molecule has 0 spiro atoms. The third kappa shape index (κ3) is 6.21. The lowest BCUT2D eigenvalue weighted by Gasteiger charge is -2.34. The number of para-hydroxylation sites is 2. The Morgan fingerprint density at radius 3 is 2.58 bits per heavy atom. The highest BCUT2D eigenvalue weighted by Crippen LogP contribution is 2.32. The normalized spacial score (nSPS) is 14.3. The van der Waals surface area contributed by atoms with Crippen molar-refractivity contribution in [2.75, 3.05) is 51.8 Å². The molecule has 0 aliphatic carbocycles. The van der Waals surface area contributed by atoms with Crippen molar-refractivity contribution in [3.8, 4) is 11.5 Å². The molecule has 1 fully saturated rings. The van der Waals surface area contributed by atoms with E-state index in [1.54, 1.807) is 7.11 Å². The average Bonchev–Trinajstić information content (AvgIpc) is 3.26. The number of piperazine rings is 1. The third-order valence-corrected chi connectivity index (χ3v) is 6.49. The van der Waals surface area contributed by atoms with E-state index in [1.165, 1.54) is 11.3 Å². The van der Waals surface area contributed by atoms with E-state index in [1.807, 2.05) is 53.4 Å². The molecule has 3 aromatic rings. The second-order valence-corrected chi connectivity index (χ2v) is 8.79. The maximum absolute atomic E-state index is 12.6.